The molecule has 0 spiro atoms. The molecular formula is C68H37Cl4F7O8S8. The molecule has 0 saturated heterocycles. The molecule has 0 atom stereocenters. The Morgan fingerprint density at radius 1 is 0.242 bits per heavy atom. The van der Waals surface area contributed by atoms with Gasteiger partial charge in [0.25, 0.3) is 0 Å². The van der Waals surface area contributed by atoms with Crippen LogP contribution in [0.1, 0.15) is 105 Å². The minimum Gasteiger partial charge on any atom is -0.288 e. The van der Waals surface area contributed by atoms with Gasteiger partial charge in [0.05, 0.1) is 39.2 Å². The average molecular weight is 1510 g/mol. The zero-order valence-electron chi connectivity index (χ0n) is 48.6. The van der Waals surface area contributed by atoms with Crippen LogP contribution in [-0.4, -0.2) is 46.3 Å². The minimum atomic E-state index is -0.100. The Bertz CT molecular complexity index is 4230. The van der Waals surface area contributed by atoms with E-state index in [2.05, 4.69) is 0 Å². The average Bonchev–Trinajstić information content (AvgIpc) is 1.61. The summed E-state index contributed by atoms with van der Waals surface area (Å²) in [5.74, 6) is -0.534. The monoisotopic (exact) mass is 1510 g/mol. The number of halogens is 11. The van der Waals surface area contributed by atoms with E-state index in [-0.39, 0.29) is 51.0 Å². The summed E-state index contributed by atoms with van der Waals surface area (Å²) in [4.78, 5) is 112. The molecule has 8 nitrogen and oxygen atoms in total. The molecule has 8 heterocycles. The van der Waals surface area contributed by atoms with Gasteiger partial charge < -0.3 is 0 Å². The molecule has 27 heteroatoms. The second-order valence-electron chi connectivity index (χ2n) is 20.5. The third-order valence-corrected chi connectivity index (χ3v) is 25.3. The lowest BCUT2D eigenvalue weighted by molar-refractivity contribution is 0.101. The van der Waals surface area contributed by atoms with Crippen molar-refractivity contribution in [3.8, 4) is 0 Å². The molecule has 0 saturated carbocycles. The zero-order chi connectivity index (χ0) is 67.7. The van der Waals surface area contributed by atoms with Gasteiger partial charge in [-0.1, -0.05) is 189 Å². The number of aryl methyl sites for hydroxylation is 4. The Hall–Kier alpha value is -6.45. The van der Waals surface area contributed by atoms with Crippen molar-refractivity contribution in [2.75, 3.05) is 0 Å². The Kier molecular flexibility index (Phi) is 23.7. The van der Waals surface area contributed by atoms with Crippen molar-refractivity contribution >= 4 is 187 Å². The number of carbonyl (C=O) groups excluding carboxylic acids is 8. The summed E-state index contributed by atoms with van der Waals surface area (Å²) in [5, 5.41) is 2.37. The third-order valence-electron chi connectivity index (χ3n) is 14.7. The second-order valence-corrected chi connectivity index (χ2v) is 30.6. The van der Waals surface area contributed by atoms with Crippen LogP contribution in [0.15, 0.2) is 224 Å². The maximum atomic E-state index is 12.9. The number of fused-ring (bicyclic) bond motifs is 8. The summed E-state index contributed by atoms with van der Waals surface area (Å²) in [6, 6.07) is 44.2. The van der Waals surface area contributed by atoms with E-state index in [1.807, 2.05) is 125 Å². The first kappa shape index (κ1) is 72.8. The molecule has 0 bridgehead atoms. The number of thioether (sulfide) groups is 8. The summed E-state index contributed by atoms with van der Waals surface area (Å²) in [6.07, 6.45) is 0. The molecule has 0 amide bonds. The Morgan fingerprint density at radius 3 is 0.579 bits per heavy atom. The smallest absolute Gasteiger partial charge is 0.202 e. The number of benzene rings is 8. The van der Waals surface area contributed by atoms with Crippen LogP contribution in [-0.2, 0) is 0 Å². The van der Waals surface area contributed by atoms with Crippen molar-refractivity contribution < 1.29 is 70.5 Å². The number of carbonyl (C=O) groups is 8. The van der Waals surface area contributed by atoms with E-state index in [1.54, 1.807) is 48.5 Å². The standard InChI is InChI=1S/2C18H10Cl2O2S2.2C16H8O2S2.3F2.FH/c2*1-7-3-9(19)5-11-13(7)15(21)17(23-11)18-16(22)14-8(2)4-10(20)6-12(14)24-18;2*17-13-9-5-1-3-7-11(9)19-15(13)16-14(18)10-6-2-4-8-12(10)20-16;3*1-2;/h2*3-6H,1-2H3;2*1-8H;;;;1H/b18-17+;18-17-;16-15+;16-15-;;;;. The molecular weight excluding hydrogens is 1480 g/mol. The van der Waals surface area contributed by atoms with E-state index < -0.39 is 0 Å². The number of hydrogen-bond acceptors (Lipinski definition) is 16. The Labute approximate surface area is 590 Å². The van der Waals surface area contributed by atoms with Gasteiger partial charge in [-0.15, -0.1) is 0 Å². The normalized spacial score (nSPS) is 18.3. The highest BCUT2D eigenvalue weighted by atomic mass is 35.5. The fourth-order valence-corrected chi connectivity index (χ4v) is 21.7. The highest BCUT2D eigenvalue weighted by molar-refractivity contribution is 8.10. The predicted molar refractivity (Wildman–Crippen MR) is 369 cm³/mol. The van der Waals surface area contributed by atoms with Gasteiger partial charge in [0.15, 0.2) is 0 Å². The van der Waals surface area contributed by atoms with E-state index in [0.717, 1.165) is 61.4 Å². The van der Waals surface area contributed by atoms with Crippen LogP contribution in [0.25, 0.3) is 0 Å². The number of hydrogen-bond donors (Lipinski definition) is 0. The third kappa shape index (κ3) is 14.1. The van der Waals surface area contributed by atoms with Gasteiger partial charge in [0.1, 0.15) is 0 Å². The summed E-state index contributed by atoms with van der Waals surface area (Å²) < 4.78 is 48.0. The lowest BCUT2D eigenvalue weighted by Gasteiger charge is -2.01. The highest BCUT2D eigenvalue weighted by Gasteiger charge is 2.41. The summed E-state index contributed by atoms with van der Waals surface area (Å²) in [6.45, 7) is 7.44. The van der Waals surface area contributed by atoms with E-state index >= 15 is 0 Å². The van der Waals surface area contributed by atoms with Gasteiger partial charge in [0.2, 0.25) is 46.3 Å². The van der Waals surface area contributed by atoms with Crippen molar-refractivity contribution in [2.45, 2.75) is 66.9 Å². The highest BCUT2D eigenvalue weighted by Crippen LogP contribution is 2.55. The lowest BCUT2D eigenvalue weighted by atomic mass is 10.0. The number of rotatable bonds is 0. The van der Waals surface area contributed by atoms with Gasteiger partial charge >= 0.3 is 0 Å². The van der Waals surface area contributed by atoms with Crippen molar-refractivity contribution in [3.63, 3.8) is 0 Å². The maximum absolute atomic E-state index is 12.9. The van der Waals surface area contributed by atoms with Crippen molar-refractivity contribution in [1.29, 1.82) is 0 Å². The van der Waals surface area contributed by atoms with Gasteiger partial charge in [-0.2, -0.15) is 0 Å². The molecule has 0 fully saturated rings. The van der Waals surface area contributed by atoms with Crippen LogP contribution < -0.4 is 0 Å². The topological polar surface area (TPSA) is 137 Å². The predicted octanol–water partition coefficient (Wildman–Crippen LogP) is 23.2. The molecule has 8 aromatic carbocycles. The largest absolute Gasteiger partial charge is 0.288 e. The minimum absolute atomic E-state index is 0. The Balaban J connectivity index is 0.000000145. The molecule has 8 aliphatic heterocycles. The van der Waals surface area contributed by atoms with E-state index in [4.69, 9.17) is 73.8 Å². The molecule has 0 aliphatic carbocycles. The fourth-order valence-electron chi connectivity index (χ4n) is 10.7. The van der Waals surface area contributed by atoms with Gasteiger partial charge in [0, 0.05) is 131 Å². The van der Waals surface area contributed by atoms with Crippen LogP contribution in [0.4, 0.5) is 32.1 Å². The maximum Gasteiger partial charge on any atom is 0.202 e. The van der Waals surface area contributed by atoms with Gasteiger partial charge in [-0.05, 0) is 147 Å². The second kappa shape index (κ2) is 31.0. The zero-order valence-corrected chi connectivity index (χ0v) is 58.1. The lowest BCUT2D eigenvalue weighted by Crippen LogP contribution is -2.04. The van der Waals surface area contributed by atoms with Crippen molar-refractivity contribution in [2.24, 2.45) is 0 Å². The van der Waals surface area contributed by atoms with Gasteiger partial charge in [-0.25, -0.2) is 0 Å². The summed E-state index contributed by atoms with van der Waals surface area (Å²) in [5.41, 5.74) is 8.70. The fraction of sp³-hybridized carbons (Fsp3) is 0.0588. The van der Waals surface area contributed by atoms with Crippen molar-refractivity contribution in [1.82, 2.24) is 0 Å². The molecule has 0 N–H and O–H groups in total. The van der Waals surface area contributed by atoms with Crippen LogP contribution in [0.3, 0.4) is 0 Å². The molecule has 16 rings (SSSR count). The molecule has 482 valence electrons. The van der Waals surface area contributed by atoms with Crippen LogP contribution >= 0.6 is 140 Å². The first-order chi connectivity index (χ1) is 45.2. The van der Waals surface area contributed by atoms with Crippen LogP contribution in [0.2, 0.25) is 20.1 Å². The molecule has 0 aromatic heterocycles. The number of allylic oxidation sites excluding steroid dienone is 8. The number of ketones is 8. The Morgan fingerprint density at radius 2 is 0.400 bits per heavy atom. The summed E-state index contributed by atoms with van der Waals surface area (Å²) in [7, 11) is 0. The molecule has 95 heavy (non-hydrogen) atoms. The first-order valence-electron chi connectivity index (χ1n) is 27.0. The molecule has 8 aliphatic rings. The van der Waals surface area contributed by atoms with E-state index in [1.165, 1.54) is 94.1 Å². The van der Waals surface area contributed by atoms with Crippen molar-refractivity contribution in [3.05, 3.63) is 272 Å². The van der Waals surface area contributed by atoms with Gasteiger partial charge in [-0.3, -0.25) is 43.1 Å². The molecule has 0 radical (unpaired) electrons. The molecule has 8 aromatic rings. The first-order valence-corrected chi connectivity index (χ1v) is 35.1. The van der Waals surface area contributed by atoms with E-state index in [0.29, 0.717) is 104 Å². The van der Waals surface area contributed by atoms with Crippen LogP contribution in [0, 0.1) is 27.7 Å². The quantitative estimate of drug-likeness (QED) is 0.105. The SMILES string of the molecule is Cc1cc(Cl)cc2c1C(=O)/C(=C1/Sc3cc(Cl)cc(C)c3C1=O)S2.Cc1cc(Cl)cc2c1C(=O)/C(=C1\Sc3cc(Cl)cc(C)c3C1=O)S2.F.FF.FF.FF.O=C1/C(=C2/Sc3ccccc3C2=O)Sc2ccccc21.O=C1/C(=C2\Sc3ccccc3C2=O)Sc2ccccc21. The van der Waals surface area contributed by atoms with E-state index in [9.17, 15) is 38.4 Å². The number of Topliss-reactive ketones (excluding diaryl/α,β-unsaturated/α-hetero) is 8. The molecule has 0 unspecified atom stereocenters. The van der Waals surface area contributed by atoms with Crippen LogP contribution in [0.5, 0.6) is 0 Å². The summed E-state index contributed by atoms with van der Waals surface area (Å²) >= 11 is 35.3.